The van der Waals surface area contributed by atoms with Crippen LogP contribution in [0.1, 0.15) is 10.5 Å². The first-order valence-corrected chi connectivity index (χ1v) is 8.48. The van der Waals surface area contributed by atoms with E-state index in [0.29, 0.717) is 18.8 Å². The predicted molar refractivity (Wildman–Crippen MR) is 95.9 cm³/mol. The number of benzene rings is 2. The van der Waals surface area contributed by atoms with Crippen LogP contribution < -0.4 is 4.90 Å². The molecule has 2 heterocycles. The van der Waals surface area contributed by atoms with E-state index in [0.717, 1.165) is 18.8 Å². The maximum absolute atomic E-state index is 13.3. The average Bonchev–Trinajstić information content (AvgIpc) is 3.18. The molecule has 1 aromatic heterocycles. The summed E-state index contributed by atoms with van der Waals surface area (Å²) in [6.07, 6.45) is 1.54. The molecule has 0 saturated carbocycles. The number of amides is 1. The average molecular weight is 351 g/mol. The van der Waals surface area contributed by atoms with Gasteiger partial charge in [-0.1, -0.05) is 29.5 Å². The highest BCUT2D eigenvalue weighted by Crippen LogP contribution is 2.17. The van der Waals surface area contributed by atoms with Gasteiger partial charge >= 0.3 is 0 Å². The quantitative estimate of drug-likeness (QED) is 0.727. The van der Waals surface area contributed by atoms with Gasteiger partial charge in [0.2, 0.25) is 0 Å². The molecule has 6 nitrogen and oxygen atoms in total. The van der Waals surface area contributed by atoms with Gasteiger partial charge in [0, 0.05) is 31.9 Å². The maximum atomic E-state index is 13.3. The first kappa shape index (κ1) is 16.3. The number of hydrogen-bond donors (Lipinski definition) is 0. The van der Waals surface area contributed by atoms with Crippen LogP contribution in [0.15, 0.2) is 60.8 Å². The van der Waals surface area contributed by atoms with E-state index in [2.05, 4.69) is 27.3 Å². The highest BCUT2D eigenvalue weighted by atomic mass is 19.1. The van der Waals surface area contributed by atoms with Crippen molar-refractivity contribution in [1.82, 2.24) is 19.9 Å². The van der Waals surface area contributed by atoms with E-state index in [1.54, 1.807) is 23.2 Å². The van der Waals surface area contributed by atoms with E-state index >= 15 is 0 Å². The van der Waals surface area contributed by atoms with Gasteiger partial charge < -0.3 is 9.80 Å². The van der Waals surface area contributed by atoms with Gasteiger partial charge in [-0.2, -0.15) is 0 Å². The second-order valence-corrected chi connectivity index (χ2v) is 6.14. The summed E-state index contributed by atoms with van der Waals surface area (Å²) in [7, 11) is 0. The van der Waals surface area contributed by atoms with Gasteiger partial charge in [-0.05, 0) is 30.3 Å². The number of para-hydroxylation sites is 1. The van der Waals surface area contributed by atoms with Crippen LogP contribution in [-0.4, -0.2) is 52.0 Å². The lowest BCUT2D eigenvalue weighted by molar-refractivity contribution is 0.0741. The van der Waals surface area contributed by atoms with Gasteiger partial charge in [0.25, 0.3) is 5.91 Å². The van der Waals surface area contributed by atoms with Gasteiger partial charge in [-0.15, -0.1) is 5.10 Å². The Morgan fingerprint density at radius 1 is 0.923 bits per heavy atom. The summed E-state index contributed by atoms with van der Waals surface area (Å²) in [5, 5.41) is 7.91. The van der Waals surface area contributed by atoms with E-state index in [-0.39, 0.29) is 17.4 Å². The maximum Gasteiger partial charge on any atom is 0.276 e. The third-order valence-electron chi connectivity index (χ3n) is 4.47. The Hall–Kier alpha value is -3.22. The van der Waals surface area contributed by atoms with Crippen LogP contribution in [0.4, 0.5) is 10.1 Å². The summed E-state index contributed by atoms with van der Waals surface area (Å²) < 4.78 is 14.8. The number of piperazine rings is 1. The van der Waals surface area contributed by atoms with Crippen molar-refractivity contribution < 1.29 is 9.18 Å². The normalized spacial score (nSPS) is 14.5. The molecule has 1 amide bonds. The summed E-state index contributed by atoms with van der Waals surface area (Å²) in [5.74, 6) is -0.511. The van der Waals surface area contributed by atoms with Gasteiger partial charge in [0.05, 0.1) is 11.9 Å². The zero-order chi connectivity index (χ0) is 17.9. The molecular formula is C19H18FN5O. The number of rotatable bonds is 3. The van der Waals surface area contributed by atoms with Crippen molar-refractivity contribution in [3.63, 3.8) is 0 Å². The Balaban J connectivity index is 1.43. The molecule has 0 aliphatic carbocycles. The van der Waals surface area contributed by atoms with E-state index < -0.39 is 0 Å². The Kier molecular flexibility index (Phi) is 4.35. The number of aromatic nitrogens is 3. The first-order valence-electron chi connectivity index (χ1n) is 8.48. The second kappa shape index (κ2) is 6.95. The van der Waals surface area contributed by atoms with Crippen molar-refractivity contribution in [3.05, 3.63) is 72.3 Å². The van der Waals surface area contributed by atoms with E-state index in [9.17, 15) is 9.18 Å². The molecule has 4 rings (SSSR count). The van der Waals surface area contributed by atoms with Gasteiger partial charge in [-0.25, -0.2) is 9.07 Å². The first-order chi connectivity index (χ1) is 12.7. The van der Waals surface area contributed by atoms with E-state index in [1.165, 1.54) is 16.8 Å². The van der Waals surface area contributed by atoms with Crippen LogP contribution in [0.3, 0.4) is 0 Å². The zero-order valence-corrected chi connectivity index (χ0v) is 14.1. The number of carbonyl (C=O) groups is 1. The molecule has 0 radical (unpaired) electrons. The minimum atomic E-state index is -0.358. The zero-order valence-electron chi connectivity index (χ0n) is 14.1. The van der Waals surface area contributed by atoms with Crippen molar-refractivity contribution in [2.45, 2.75) is 0 Å². The molecule has 7 heteroatoms. The van der Waals surface area contributed by atoms with Crippen LogP contribution in [0.25, 0.3) is 5.69 Å². The fourth-order valence-corrected chi connectivity index (χ4v) is 3.08. The van der Waals surface area contributed by atoms with E-state index in [4.69, 9.17) is 0 Å². The summed E-state index contributed by atoms with van der Waals surface area (Å²) in [5.41, 5.74) is 1.96. The van der Waals surface area contributed by atoms with Crippen molar-refractivity contribution >= 4 is 11.6 Å². The molecule has 132 valence electrons. The molecule has 26 heavy (non-hydrogen) atoms. The van der Waals surface area contributed by atoms with Crippen molar-refractivity contribution in [2.24, 2.45) is 0 Å². The van der Waals surface area contributed by atoms with Crippen LogP contribution in [0.5, 0.6) is 0 Å². The lowest BCUT2D eigenvalue weighted by Gasteiger charge is -2.35. The number of halogens is 1. The molecule has 0 spiro atoms. The Morgan fingerprint density at radius 2 is 1.65 bits per heavy atom. The summed E-state index contributed by atoms with van der Waals surface area (Å²) >= 11 is 0. The summed E-state index contributed by atoms with van der Waals surface area (Å²) in [4.78, 5) is 16.7. The van der Waals surface area contributed by atoms with Crippen molar-refractivity contribution in [3.8, 4) is 5.69 Å². The highest BCUT2D eigenvalue weighted by molar-refractivity contribution is 5.92. The molecule has 1 aliphatic heterocycles. The van der Waals surface area contributed by atoms with Crippen molar-refractivity contribution in [1.29, 1.82) is 0 Å². The number of carbonyl (C=O) groups excluding carboxylic acids is 1. The lowest BCUT2D eigenvalue weighted by Crippen LogP contribution is -2.48. The number of nitrogens with zero attached hydrogens (tertiary/aromatic N) is 5. The van der Waals surface area contributed by atoms with E-state index in [1.807, 2.05) is 18.2 Å². The fraction of sp³-hybridized carbons (Fsp3) is 0.211. The Morgan fingerprint density at radius 3 is 2.38 bits per heavy atom. The fourth-order valence-electron chi connectivity index (χ4n) is 3.08. The highest BCUT2D eigenvalue weighted by Gasteiger charge is 2.24. The standard InChI is InChI=1S/C19H18FN5O/c20-15-5-4-8-17(13-15)25-14-18(21-22-25)19(26)24-11-9-23(10-12-24)16-6-2-1-3-7-16/h1-8,13-14H,9-12H2. The van der Waals surface area contributed by atoms with Crippen LogP contribution in [-0.2, 0) is 0 Å². The van der Waals surface area contributed by atoms with Gasteiger partial charge in [0.15, 0.2) is 5.69 Å². The SMILES string of the molecule is O=C(c1cn(-c2cccc(F)c2)nn1)N1CCN(c2ccccc2)CC1. The Labute approximate surface area is 150 Å². The molecule has 0 unspecified atom stereocenters. The molecule has 0 N–H and O–H groups in total. The molecule has 2 aromatic carbocycles. The summed E-state index contributed by atoms with van der Waals surface area (Å²) in [6, 6.07) is 16.2. The molecular weight excluding hydrogens is 333 g/mol. The van der Waals surface area contributed by atoms with Gasteiger partial charge in [0.1, 0.15) is 5.82 Å². The smallest absolute Gasteiger partial charge is 0.276 e. The number of hydrogen-bond acceptors (Lipinski definition) is 4. The minimum Gasteiger partial charge on any atom is -0.368 e. The van der Waals surface area contributed by atoms with Crippen LogP contribution in [0.2, 0.25) is 0 Å². The Bertz CT molecular complexity index is 903. The molecule has 1 aliphatic rings. The molecule has 0 atom stereocenters. The van der Waals surface area contributed by atoms with Crippen LogP contribution >= 0.6 is 0 Å². The molecule has 1 saturated heterocycles. The monoisotopic (exact) mass is 351 g/mol. The third kappa shape index (κ3) is 3.28. The molecule has 1 fully saturated rings. The summed E-state index contributed by atoms with van der Waals surface area (Å²) in [6.45, 7) is 2.79. The lowest BCUT2D eigenvalue weighted by atomic mass is 10.2. The number of anilines is 1. The van der Waals surface area contributed by atoms with Gasteiger partial charge in [-0.3, -0.25) is 4.79 Å². The largest absolute Gasteiger partial charge is 0.368 e. The van der Waals surface area contributed by atoms with Crippen molar-refractivity contribution in [2.75, 3.05) is 31.1 Å². The minimum absolute atomic E-state index is 0.152. The van der Waals surface area contributed by atoms with Crippen LogP contribution in [0, 0.1) is 5.82 Å². The third-order valence-corrected chi connectivity index (χ3v) is 4.47. The molecule has 3 aromatic rings. The second-order valence-electron chi connectivity index (χ2n) is 6.14. The topological polar surface area (TPSA) is 54.3 Å². The predicted octanol–water partition coefficient (Wildman–Crippen LogP) is 2.37. The molecule has 0 bridgehead atoms.